The molecule has 2 heterocycles. The van der Waals surface area contributed by atoms with Crippen molar-refractivity contribution in [3.8, 4) is 17.3 Å². The van der Waals surface area contributed by atoms with Gasteiger partial charge in [-0.2, -0.15) is 0 Å². The van der Waals surface area contributed by atoms with Crippen LogP contribution in [0.25, 0.3) is 5.69 Å². The maximum Gasteiger partial charge on any atom is 0.335 e. The van der Waals surface area contributed by atoms with E-state index in [2.05, 4.69) is 0 Å². The smallest absolute Gasteiger partial charge is 0.335 e. The highest BCUT2D eigenvalue weighted by molar-refractivity contribution is 7.93. The van der Waals surface area contributed by atoms with Gasteiger partial charge in [0.25, 0.3) is 5.91 Å². The molecule has 3 N–H and O–H groups in total. The number of carbonyl (C=O) groups excluding carboxylic acids is 1. The molecular formula is C24H27N3O8S. The Morgan fingerprint density at radius 3 is 2.39 bits per heavy atom. The van der Waals surface area contributed by atoms with E-state index in [9.17, 15) is 23.1 Å². The minimum Gasteiger partial charge on any atom is -0.494 e. The third kappa shape index (κ3) is 4.74. The molecule has 12 heteroatoms. The fraction of sp³-hybridized carbons (Fsp3) is 0.333. The predicted molar refractivity (Wildman–Crippen MR) is 128 cm³/mol. The first-order valence-electron chi connectivity index (χ1n) is 11.4. The largest absolute Gasteiger partial charge is 0.494 e. The molecule has 0 atom stereocenters. The number of sulfone groups is 1. The van der Waals surface area contributed by atoms with E-state index < -0.39 is 20.5 Å². The number of para-hydroxylation sites is 1. The summed E-state index contributed by atoms with van der Waals surface area (Å²) in [5.41, 5.74) is 1.75. The summed E-state index contributed by atoms with van der Waals surface area (Å²) in [6.45, 7) is 0.600. The van der Waals surface area contributed by atoms with E-state index in [0.717, 1.165) is 0 Å². The molecule has 3 aromatic rings. The van der Waals surface area contributed by atoms with Gasteiger partial charge in [0.05, 0.1) is 23.4 Å². The Morgan fingerprint density at radius 1 is 1.08 bits per heavy atom. The first-order valence-corrected chi connectivity index (χ1v) is 12.8. The zero-order valence-electron chi connectivity index (χ0n) is 19.4. The van der Waals surface area contributed by atoms with Crippen molar-refractivity contribution in [2.75, 3.05) is 19.8 Å². The highest BCUT2D eigenvalue weighted by Crippen LogP contribution is 2.35. The van der Waals surface area contributed by atoms with Crippen molar-refractivity contribution in [2.24, 2.45) is 0 Å². The molecule has 1 aliphatic heterocycles. The van der Waals surface area contributed by atoms with Gasteiger partial charge in [0.2, 0.25) is 5.88 Å². The monoisotopic (exact) mass is 517 g/mol. The van der Waals surface area contributed by atoms with E-state index in [1.807, 2.05) is 6.07 Å². The standard InChI is InChI=1S/C24H27N3O8S/c28-21-17-27(18-5-2-1-3-6-18)23(30)26(21)13-4-14-35-19-7-9-20(10-8-19)36(32,33)24(22(29)25-31)11-15-34-16-12-24/h1-3,5-10,17,28,31H,4,11-16H2,(H,25,29). The summed E-state index contributed by atoms with van der Waals surface area (Å²) in [6, 6.07) is 14.6. The zero-order chi connectivity index (χ0) is 25.8. The second-order valence-electron chi connectivity index (χ2n) is 8.35. The molecule has 0 radical (unpaired) electrons. The molecule has 0 aliphatic carbocycles. The normalized spacial score (nSPS) is 15.4. The number of benzene rings is 2. The van der Waals surface area contributed by atoms with E-state index in [1.165, 1.54) is 45.1 Å². The molecule has 0 unspecified atom stereocenters. The number of imidazole rings is 1. The lowest BCUT2D eigenvalue weighted by molar-refractivity contribution is -0.134. The number of hydroxylamine groups is 1. The van der Waals surface area contributed by atoms with E-state index >= 15 is 0 Å². The van der Waals surface area contributed by atoms with Gasteiger partial charge in [-0.1, -0.05) is 18.2 Å². The van der Waals surface area contributed by atoms with Crippen LogP contribution in [0.1, 0.15) is 19.3 Å². The van der Waals surface area contributed by atoms with Crippen LogP contribution in [0, 0.1) is 0 Å². The van der Waals surface area contributed by atoms with Gasteiger partial charge in [-0.25, -0.2) is 18.7 Å². The van der Waals surface area contributed by atoms with Gasteiger partial charge in [-0.15, -0.1) is 0 Å². The molecule has 0 spiro atoms. The maximum absolute atomic E-state index is 13.3. The lowest BCUT2D eigenvalue weighted by Gasteiger charge is -2.34. The second kappa shape index (κ2) is 10.6. The van der Waals surface area contributed by atoms with Gasteiger partial charge in [0.15, 0.2) is 14.6 Å². The first kappa shape index (κ1) is 25.5. The van der Waals surface area contributed by atoms with Gasteiger partial charge in [0.1, 0.15) is 5.75 Å². The summed E-state index contributed by atoms with van der Waals surface area (Å²) in [4.78, 5) is 24.9. The Hall–Kier alpha value is -3.61. The van der Waals surface area contributed by atoms with Crippen LogP contribution >= 0.6 is 0 Å². The highest BCUT2D eigenvalue weighted by Gasteiger charge is 2.52. The average molecular weight is 518 g/mol. The average Bonchev–Trinajstić information content (AvgIpc) is 3.20. The number of aromatic hydroxyl groups is 1. The van der Waals surface area contributed by atoms with Crippen LogP contribution in [-0.4, -0.2) is 58.3 Å². The lowest BCUT2D eigenvalue weighted by Crippen LogP contribution is -2.54. The number of ether oxygens (including phenoxy) is 2. The molecule has 36 heavy (non-hydrogen) atoms. The van der Waals surface area contributed by atoms with Gasteiger partial charge in [-0.3, -0.25) is 19.1 Å². The fourth-order valence-corrected chi connectivity index (χ4v) is 6.17. The maximum atomic E-state index is 13.3. The van der Waals surface area contributed by atoms with Gasteiger partial charge in [0, 0.05) is 19.8 Å². The quantitative estimate of drug-likeness (QED) is 0.220. The fourth-order valence-electron chi connectivity index (χ4n) is 4.23. The van der Waals surface area contributed by atoms with Crippen molar-refractivity contribution in [3.05, 3.63) is 71.3 Å². The van der Waals surface area contributed by atoms with Crippen LogP contribution in [0.4, 0.5) is 0 Å². The Morgan fingerprint density at radius 2 is 1.75 bits per heavy atom. The molecule has 1 saturated heterocycles. The summed E-state index contributed by atoms with van der Waals surface area (Å²) in [5, 5.41) is 19.3. The molecule has 1 aliphatic rings. The summed E-state index contributed by atoms with van der Waals surface area (Å²) in [7, 11) is -4.12. The lowest BCUT2D eigenvalue weighted by atomic mass is 9.98. The second-order valence-corrected chi connectivity index (χ2v) is 10.6. The summed E-state index contributed by atoms with van der Waals surface area (Å²) >= 11 is 0. The topological polar surface area (TPSA) is 149 Å². The molecule has 11 nitrogen and oxygen atoms in total. The number of nitrogens with one attached hydrogen (secondary N) is 1. The number of aromatic nitrogens is 2. The number of rotatable bonds is 9. The van der Waals surface area contributed by atoms with E-state index in [0.29, 0.717) is 17.9 Å². The number of carbonyl (C=O) groups is 1. The summed E-state index contributed by atoms with van der Waals surface area (Å²) in [6.07, 6.45) is 1.63. The van der Waals surface area contributed by atoms with Crippen LogP contribution in [0.15, 0.2) is 70.5 Å². The number of nitrogens with zero attached hydrogens (tertiary/aromatic N) is 2. The van der Waals surface area contributed by atoms with Crippen LogP contribution in [0.5, 0.6) is 11.6 Å². The summed E-state index contributed by atoms with van der Waals surface area (Å²) in [5.74, 6) is -0.738. The van der Waals surface area contributed by atoms with Gasteiger partial charge < -0.3 is 14.6 Å². The highest BCUT2D eigenvalue weighted by atomic mass is 32.2. The summed E-state index contributed by atoms with van der Waals surface area (Å²) < 4.78 is 38.2. The molecule has 192 valence electrons. The molecule has 1 fully saturated rings. The van der Waals surface area contributed by atoms with Crippen molar-refractivity contribution in [1.82, 2.24) is 14.6 Å². The minimum absolute atomic E-state index is 0.0703. The third-order valence-corrected chi connectivity index (χ3v) is 8.77. The van der Waals surface area contributed by atoms with Crippen LogP contribution in [-0.2, 0) is 25.9 Å². The van der Waals surface area contributed by atoms with Gasteiger partial charge in [-0.05, 0) is 55.7 Å². The van der Waals surface area contributed by atoms with Crippen LogP contribution < -0.4 is 15.9 Å². The van der Waals surface area contributed by atoms with Crippen molar-refractivity contribution in [2.45, 2.75) is 35.4 Å². The third-order valence-electron chi connectivity index (χ3n) is 6.25. The van der Waals surface area contributed by atoms with Crippen molar-refractivity contribution >= 4 is 15.7 Å². The Balaban J connectivity index is 1.39. The van der Waals surface area contributed by atoms with E-state index in [1.54, 1.807) is 24.3 Å². The molecule has 2 aromatic carbocycles. The number of hydrogen-bond acceptors (Lipinski definition) is 8. The Bertz CT molecular complexity index is 1360. The van der Waals surface area contributed by atoms with E-state index in [4.69, 9.17) is 14.7 Å². The number of hydrogen-bond donors (Lipinski definition) is 3. The molecule has 0 saturated carbocycles. The van der Waals surface area contributed by atoms with Crippen molar-refractivity contribution < 1.29 is 33.0 Å². The minimum atomic E-state index is -4.12. The van der Waals surface area contributed by atoms with Crippen LogP contribution in [0.3, 0.4) is 0 Å². The first-order chi connectivity index (χ1) is 17.3. The van der Waals surface area contributed by atoms with Crippen molar-refractivity contribution in [3.63, 3.8) is 0 Å². The van der Waals surface area contributed by atoms with Gasteiger partial charge >= 0.3 is 5.69 Å². The molecular weight excluding hydrogens is 490 g/mol. The van der Waals surface area contributed by atoms with Crippen molar-refractivity contribution in [1.29, 1.82) is 0 Å². The predicted octanol–water partition coefficient (Wildman–Crippen LogP) is 1.64. The van der Waals surface area contributed by atoms with E-state index in [-0.39, 0.29) is 55.7 Å². The molecule has 0 bridgehead atoms. The Labute approximate surface area is 207 Å². The SMILES string of the molecule is O=C(NO)C1(S(=O)(=O)c2ccc(OCCCn3c(O)cn(-c4ccccc4)c3=O)cc2)CCOCC1. The molecule has 4 rings (SSSR count). The zero-order valence-corrected chi connectivity index (χ0v) is 20.2. The van der Waals surface area contributed by atoms with Crippen LogP contribution in [0.2, 0.25) is 0 Å². The molecule has 1 aromatic heterocycles. The number of amides is 1. The Kier molecular flexibility index (Phi) is 7.48. The molecule has 1 amide bonds.